The molecule has 0 amide bonds. The van der Waals surface area contributed by atoms with Gasteiger partial charge in [0.1, 0.15) is 0 Å². The minimum atomic E-state index is -0.381. The number of hydrogen-bond acceptors (Lipinski definition) is 3. The molecule has 3 rings (SSSR count). The van der Waals surface area contributed by atoms with Crippen molar-refractivity contribution in [3.63, 3.8) is 0 Å². The topological polar surface area (TPSA) is 29.5 Å². The molecule has 1 N–H and O–H groups in total. The lowest BCUT2D eigenvalue weighted by molar-refractivity contribution is -0.156. The van der Waals surface area contributed by atoms with Crippen molar-refractivity contribution in [2.75, 3.05) is 18.1 Å². The van der Waals surface area contributed by atoms with E-state index in [2.05, 4.69) is 18.7 Å². The lowest BCUT2D eigenvalue weighted by Gasteiger charge is -2.49. The molecule has 19 heavy (non-hydrogen) atoms. The van der Waals surface area contributed by atoms with Gasteiger partial charge in [-0.2, -0.15) is 11.8 Å². The maximum atomic E-state index is 11.1. The highest BCUT2D eigenvalue weighted by Crippen LogP contribution is 2.47. The predicted octanol–water partition coefficient (Wildman–Crippen LogP) is 3.62. The molecule has 1 aliphatic carbocycles. The summed E-state index contributed by atoms with van der Waals surface area (Å²) in [6.07, 6.45) is 9.01. The summed E-state index contributed by atoms with van der Waals surface area (Å²) in [4.78, 5) is 0. The van der Waals surface area contributed by atoms with Crippen LogP contribution in [0.4, 0.5) is 0 Å². The molecular formula is C16H28O2S. The number of ether oxygens (including phenoxy) is 1. The van der Waals surface area contributed by atoms with Crippen molar-refractivity contribution in [1.29, 1.82) is 0 Å². The van der Waals surface area contributed by atoms with E-state index in [0.29, 0.717) is 5.92 Å². The van der Waals surface area contributed by atoms with Crippen LogP contribution in [0.3, 0.4) is 0 Å². The molecule has 1 saturated carbocycles. The highest BCUT2D eigenvalue weighted by Gasteiger charge is 2.47. The van der Waals surface area contributed by atoms with E-state index in [1.807, 2.05) is 0 Å². The Kier molecular flexibility index (Phi) is 4.17. The molecule has 1 spiro atoms. The van der Waals surface area contributed by atoms with Gasteiger partial charge in [0.2, 0.25) is 0 Å². The molecule has 2 aliphatic heterocycles. The molecular weight excluding hydrogens is 256 g/mol. The van der Waals surface area contributed by atoms with E-state index in [-0.39, 0.29) is 11.2 Å². The molecule has 0 bridgehead atoms. The fourth-order valence-electron chi connectivity index (χ4n) is 4.25. The van der Waals surface area contributed by atoms with E-state index in [9.17, 15) is 5.11 Å². The van der Waals surface area contributed by atoms with Crippen LogP contribution in [0.1, 0.15) is 58.3 Å². The van der Waals surface area contributed by atoms with Crippen LogP contribution in [-0.2, 0) is 4.74 Å². The number of aliphatic hydroxyl groups is 1. The van der Waals surface area contributed by atoms with E-state index in [4.69, 9.17) is 4.74 Å². The second-order valence-corrected chi connectivity index (χ2v) is 8.34. The molecule has 0 aromatic heterocycles. The fourth-order valence-corrected chi connectivity index (χ4v) is 5.49. The largest absolute Gasteiger partial charge is 0.390 e. The van der Waals surface area contributed by atoms with Crippen molar-refractivity contribution < 1.29 is 9.84 Å². The van der Waals surface area contributed by atoms with E-state index >= 15 is 0 Å². The minimum Gasteiger partial charge on any atom is -0.390 e. The summed E-state index contributed by atoms with van der Waals surface area (Å²) in [6, 6.07) is 0. The highest BCUT2D eigenvalue weighted by molar-refractivity contribution is 7.99. The van der Waals surface area contributed by atoms with Gasteiger partial charge in [0, 0.05) is 6.61 Å². The van der Waals surface area contributed by atoms with Crippen molar-refractivity contribution in [2.24, 2.45) is 11.8 Å². The number of rotatable bonds is 1. The Morgan fingerprint density at radius 3 is 2.42 bits per heavy atom. The van der Waals surface area contributed by atoms with Crippen LogP contribution in [0.2, 0.25) is 0 Å². The van der Waals surface area contributed by atoms with Crippen LogP contribution in [0.15, 0.2) is 0 Å². The zero-order chi connectivity index (χ0) is 13.3. The first-order chi connectivity index (χ1) is 9.12. The number of hydrogen-bond donors (Lipinski definition) is 1. The first-order valence-corrected chi connectivity index (χ1v) is 9.22. The van der Waals surface area contributed by atoms with Gasteiger partial charge < -0.3 is 9.84 Å². The predicted molar refractivity (Wildman–Crippen MR) is 80.5 cm³/mol. The van der Waals surface area contributed by atoms with Crippen LogP contribution in [0.5, 0.6) is 0 Å². The molecule has 0 aromatic carbocycles. The van der Waals surface area contributed by atoms with Crippen LogP contribution in [0.25, 0.3) is 0 Å². The normalized spacial score (nSPS) is 43.3. The Labute approximate surface area is 121 Å². The fraction of sp³-hybridized carbons (Fsp3) is 1.00. The average Bonchev–Trinajstić information content (AvgIpc) is 2.43. The maximum absolute atomic E-state index is 11.1. The molecule has 110 valence electrons. The molecule has 0 aromatic rings. The summed E-state index contributed by atoms with van der Waals surface area (Å²) in [5.41, 5.74) is -0.263. The summed E-state index contributed by atoms with van der Waals surface area (Å²) in [7, 11) is 0. The third-order valence-electron chi connectivity index (χ3n) is 5.80. The Balaban J connectivity index is 1.67. The first kappa shape index (κ1) is 14.2. The molecule has 3 fully saturated rings. The van der Waals surface area contributed by atoms with E-state index in [0.717, 1.165) is 38.2 Å². The Morgan fingerprint density at radius 2 is 1.74 bits per heavy atom. The molecule has 2 saturated heterocycles. The minimum absolute atomic E-state index is 0.118. The summed E-state index contributed by atoms with van der Waals surface area (Å²) >= 11 is 2.06. The molecule has 1 atom stereocenters. The van der Waals surface area contributed by atoms with Crippen molar-refractivity contribution in [1.82, 2.24) is 0 Å². The van der Waals surface area contributed by atoms with Crippen molar-refractivity contribution in [3.05, 3.63) is 0 Å². The molecule has 3 aliphatic rings. The van der Waals surface area contributed by atoms with Crippen molar-refractivity contribution in [2.45, 2.75) is 69.5 Å². The summed E-state index contributed by atoms with van der Waals surface area (Å²) in [5.74, 6) is 3.77. The second kappa shape index (κ2) is 5.57. The van der Waals surface area contributed by atoms with Crippen LogP contribution < -0.4 is 0 Å². The van der Waals surface area contributed by atoms with Gasteiger partial charge in [-0.05, 0) is 74.7 Å². The van der Waals surface area contributed by atoms with Crippen LogP contribution >= 0.6 is 11.8 Å². The smallest absolute Gasteiger partial charge is 0.0702 e. The van der Waals surface area contributed by atoms with E-state index in [1.54, 1.807) is 0 Å². The van der Waals surface area contributed by atoms with Crippen LogP contribution in [0, 0.1) is 11.8 Å². The van der Waals surface area contributed by atoms with Gasteiger partial charge in [-0.15, -0.1) is 0 Å². The third-order valence-corrected chi connectivity index (χ3v) is 6.78. The van der Waals surface area contributed by atoms with Gasteiger partial charge in [0.05, 0.1) is 11.2 Å². The Morgan fingerprint density at radius 1 is 1.05 bits per heavy atom. The summed E-state index contributed by atoms with van der Waals surface area (Å²) in [6.45, 7) is 3.19. The zero-order valence-electron chi connectivity index (χ0n) is 12.2. The van der Waals surface area contributed by atoms with Gasteiger partial charge in [-0.3, -0.25) is 0 Å². The van der Waals surface area contributed by atoms with E-state index < -0.39 is 0 Å². The Bertz CT molecular complexity index is 298. The standard InChI is InChI=1S/C16H28O2S/c1-13-2-5-16(17,6-3-13)14-4-9-18-15(12-14)7-10-19-11-8-15/h13-14,17H,2-12H2,1H3. The van der Waals surface area contributed by atoms with Gasteiger partial charge in [0.15, 0.2) is 0 Å². The average molecular weight is 284 g/mol. The van der Waals surface area contributed by atoms with Gasteiger partial charge >= 0.3 is 0 Å². The zero-order valence-corrected chi connectivity index (χ0v) is 13.0. The molecule has 2 nitrogen and oxygen atoms in total. The molecule has 2 heterocycles. The van der Waals surface area contributed by atoms with Gasteiger partial charge in [-0.25, -0.2) is 0 Å². The molecule has 1 unspecified atom stereocenters. The highest BCUT2D eigenvalue weighted by atomic mass is 32.2. The van der Waals surface area contributed by atoms with Crippen molar-refractivity contribution in [3.8, 4) is 0 Å². The van der Waals surface area contributed by atoms with Crippen molar-refractivity contribution >= 4 is 11.8 Å². The summed E-state index contributed by atoms with van der Waals surface area (Å²) < 4.78 is 6.17. The quantitative estimate of drug-likeness (QED) is 0.797. The third kappa shape index (κ3) is 2.98. The maximum Gasteiger partial charge on any atom is 0.0702 e. The van der Waals surface area contributed by atoms with Gasteiger partial charge in [0.25, 0.3) is 0 Å². The van der Waals surface area contributed by atoms with Crippen LogP contribution in [-0.4, -0.2) is 34.4 Å². The monoisotopic (exact) mass is 284 g/mol. The lowest BCUT2D eigenvalue weighted by atomic mass is 9.67. The molecule has 3 heteroatoms. The second-order valence-electron chi connectivity index (χ2n) is 7.12. The Hall–Kier alpha value is 0.270. The summed E-state index contributed by atoms with van der Waals surface area (Å²) in [5, 5.41) is 11.1. The lowest BCUT2D eigenvalue weighted by Crippen LogP contribution is -2.51. The number of thioether (sulfide) groups is 1. The van der Waals surface area contributed by atoms with E-state index in [1.165, 1.54) is 37.2 Å². The SMILES string of the molecule is CC1CCC(O)(C2CCOC3(CCSCC3)C2)CC1. The van der Waals surface area contributed by atoms with Gasteiger partial charge in [-0.1, -0.05) is 6.92 Å². The molecule has 0 radical (unpaired) electrons. The first-order valence-electron chi connectivity index (χ1n) is 8.06.